The summed E-state index contributed by atoms with van der Waals surface area (Å²) in [5.41, 5.74) is 1.71. The topological polar surface area (TPSA) is 91.2 Å². The SMILES string of the molecule is C=CCn1c(SCC(=O)Nc2nc(-c3ccc(Cl)cc3)cs2)nnc1C(C)Oc1ccc(OC)cc1. The molecule has 2 aromatic carbocycles. The van der Waals surface area contributed by atoms with Gasteiger partial charge in [-0.05, 0) is 43.3 Å². The van der Waals surface area contributed by atoms with E-state index in [0.717, 1.165) is 17.0 Å². The van der Waals surface area contributed by atoms with E-state index in [-0.39, 0.29) is 17.8 Å². The van der Waals surface area contributed by atoms with Gasteiger partial charge in [0.15, 0.2) is 22.2 Å². The Labute approximate surface area is 222 Å². The fraction of sp³-hybridized carbons (Fsp3) is 0.200. The summed E-state index contributed by atoms with van der Waals surface area (Å²) in [5.74, 6) is 2.04. The number of thiazole rings is 1. The number of thioether (sulfide) groups is 1. The molecule has 2 aromatic heterocycles. The van der Waals surface area contributed by atoms with Gasteiger partial charge in [-0.25, -0.2) is 4.98 Å². The maximum Gasteiger partial charge on any atom is 0.236 e. The Kier molecular flexibility index (Phi) is 8.63. The van der Waals surface area contributed by atoms with Crippen molar-refractivity contribution >= 4 is 45.7 Å². The third-order valence-electron chi connectivity index (χ3n) is 5.02. The van der Waals surface area contributed by atoms with Gasteiger partial charge in [0.25, 0.3) is 0 Å². The molecule has 0 saturated carbocycles. The van der Waals surface area contributed by atoms with Crippen molar-refractivity contribution in [1.29, 1.82) is 0 Å². The molecule has 0 aliphatic carbocycles. The Morgan fingerprint density at radius 1 is 1.19 bits per heavy atom. The van der Waals surface area contributed by atoms with Gasteiger partial charge in [-0.15, -0.1) is 28.1 Å². The third-order valence-corrected chi connectivity index (χ3v) is 6.99. The molecule has 4 aromatic rings. The molecule has 0 bridgehead atoms. The second-order valence-corrected chi connectivity index (χ2v) is 9.79. The Bertz CT molecular complexity index is 1320. The number of aromatic nitrogens is 4. The molecule has 1 unspecified atom stereocenters. The standard InChI is InChI=1S/C25H24ClN5O3S2/c1-4-13-31-23(16(2)34-20-11-9-19(33-3)10-12-20)29-30-25(31)36-15-22(32)28-24-27-21(14-35-24)17-5-7-18(26)8-6-17/h4-12,14,16H,1,13,15H2,2-3H3,(H,27,28,32). The average molecular weight is 542 g/mol. The van der Waals surface area contributed by atoms with Crippen LogP contribution in [0, 0.1) is 0 Å². The number of hydrogen-bond donors (Lipinski definition) is 1. The van der Waals surface area contributed by atoms with Crippen LogP contribution in [0.4, 0.5) is 5.13 Å². The van der Waals surface area contributed by atoms with E-state index >= 15 is 0 Å². The maximum absolute atomic E-state index is 12.6. The van der Waals surface area contributed by atoms with Crippen molar-refractivity contribution in [3.05, 3.63) is 77.4 Å². The quantitative estimate of drug-likeness (QED) is 0.181. The Morgan fingerprint density at radius 3 is 2.61 bits per heavy atom. The van der Waals surface area contributed by atoms with Crippen LogP contribution in [0.15, 0.2) is 71.7 Å². The van der Waals surface area contributed by atoms with Gasteiger partial charge in [-0.1, -0.05) is 41.6 Å². The van der Waals surface area contributed by atoms with Gasteiger partial charge in [0, 0.05) is 22.5 Å². The van der Waals surface area contributed by atoms with Crippen LogP contribution >= 0.6 is 34.7 Å². The first-order valence-electron chi connectivity index (χ1n) is 11.0. The third kappa shape index (κ3) is 6.45. The van der Waals surface area contributed by atoms with Gasteiger partial charge in [0.1, 0.15) is 11.5 Å². The minimum atomic E-state index is -0.365. The van der Waals surface area contributed by atoms with Gasteiger partial charge in [0.2, 0.25) is 5.91 Å². The molecule has 4 rings (SSSR count). The summed E-state index contributed by atoms with van der Waals surface area (Å²) in [7, 11) is 1.62. The molecule has 0 aliphatic rings. The number of hydrogen-bond acceptors (Lipinski definition) is 8. The molecular weight excluding hydrogens is 518 g/mol. The number of amides is 1. The summed E-state index contributed by atoms with van der Waals surface area (Å²) >= 11 is 8.60. The summed E-state index contributed by atoms with van der Waals surface area (Å²) in [6.07, 6.45) is 1.39. The molecule has 0 fully saturated rings. The van der Waals surface area contributed by atoms with Crippen molar-refractivity contribution in [2.45, 2.75) is 24.7 Å². The van der Waals surface area contributed by atoms with Gasteiger partial charge in [-0.3, -0.25) is 9.36 Å². The van der Waals surface area contributed by atoms with E-state index in [4.69, 9.17) is 21.1 Å². The zero-order valence-corrected chi connectivity index (χ0v) is 22.1. The van der Waals surface area contributed by atoms with Crippen molar-refractivity contribution in [1.82, 2.24) is 19.7 Å². The number of carbonyl (C=O) groups excluding carboxylic acids is 1. The highest BCUT2D eigenvalue weighted by Gasteiger charge is 2.20. The number of nitrogens with zero attached hydrogens (tertiary/aromatic N) is 4. The van der Waals surface area contributed by atoms with E-state index in [1.165, 1.54) is 23.1 Å². The van der Waals surface area contributed by atoms with Crippen molar-refractivity contribution in [2.24, 2.45) is 0 Å². The van der Waals surface area contributed by atoms with Gasteiger partial charge >= 0.3 is 0 Å². The van der Waals surface area contributed by atoms with Crippen molar-refractivity contribution < 1.29 is 14.3 Å². The second-order valence-electron chi connectivity index (χ2n) is 7.56. The molecule has 11 heteroatoms. The number of rotatable bonds is 11. The highest BCUT2D eigenvalue weighted by atomic mass is 35.5. The first-order chi connectivity index (χ1) is 17.5. The predicted octanol–water partition coefficient (Wildman–Crippen LogP) is 6.12. The summed E-state index contributed by atoms with van der Waals surface area (Å²) in [5, 5.41) is 15.1. The fourth-order valence-electron chi connectivity index (χ4n) is 3.29. The van der Waals surface area contributed by atoms with E-state index in [9.17, 15) is 4.79 Å². The van der Waals surface area contributed by atoms with E-state index < -0.39 is 0 Å². The lowest BCUT2D eigenvalue weighted by atomic mass is 10.2. The molecule has 0 saturated heterocycles. The monoisotopic (exact) mass is 541 g/mol. The normalized spacial score (nSPS) is 11.6. The maximum atomic E-state index is 12.6. The average Bonchev–Trinajstić information content (AvgIpc) is 3.51. The first-order valence-corrected chi connectivity index (χ1v) is 13.2. The molecule has 0 spiro atoms. The molecule has 1 amide bonds. The highest BCUT2D eigenvalue weighted by Crippen LogP contribution is 2.28. The van der Waals surface area contributed by atoms with Crippen LogP contribution < -0.4 is 14.8 Å². The Hall–Kier alpha value is -3.34. The summed E-state index contributed by atoms with van der Waals surface area (Å²) < 4.78 is 13.1. The van der Waals surface area contributed by atoms with Crippen molar-refractivity contribution in [2.75, 3.05) is 18.2 Å². The van der Waals surface area contributed by atoms with E-state index in [1.54, 1.807) is 13.2 Å². The molecular formula is C25H24ClN5O3S2. The number of nitrogens with one attached hydrogen (secondary N) is 1. The minimum Gasteiger partial charge on any atom is -0.497 e. The van der Waals surface area contributed by atoms with Crippen LogP contribution in [0.1, 0.15) is 18.9 Å². The van der Waals surface area contributed by atoms with E-state index in [0.29, 0.717) is 33.4 Å². The molecule has 8 nitrogen and oxygen atoms in total. The smallest absolute Gasteiger partial charge is 0.236 e. The number of methoxy groups -OCH3 is 1. The largest absolute Gasteiger partial charge is 0.497 e. The van der Waals surface area contributed by atoms with E-state index in [2.05, 4.69) is 27.1 Å². The van der Waals surface area contributed by atoms with Crippen LogP contribution in [0.25, 0.3) is 11.3 Å². The molecule has 186 valence electrons. The second kappa shape index (κ2) is 12.1. The molecule has 0 aliphatic heterocycles. The van der Waals surface area contributed by atoms with Crippen LogP contribution in [-0.4, -0.2) is 38.5 Å². The minimum absolute atomic E-state index is 0.152. The number of anilines is 1. The van der Waals surface area contributed by atoms with Crippen LogP contribution in [0.3, 0.4) is 0 Å². The summed E-state index contributed by atoms with van der Waals surface area (Å²) in [6, 6.07) is 14.7. The Balaban J connectivity index is 1.37. The van der Waals surface area contributed by atoms with Crippen LogP contribution in [-0.2, 0) is 11.3 Å². The molecule has 1 N–H and O–H groups in total. The van der Waals surface area contributed by atoms with Crippen molar-refractivity contribution in [3.8, 4) is 22.8 Å². The van der Waals surface area contributed by atoms with Gasteiger partial charge < -0.3 is 14.8 Å². The number of halogens is 1. The van der Waals surface area contributed by atoms with Crippen LogP contribution in [0.2, 0.25) is 5.02 Å². The molecule has 1 atom stereocenters. The molecule has 2 heterocycles. The summed E-state index contributed by atoms with van der Waals surface area (Å²) in [4.78, 5) is 17.1. The molecule has 0 radical (unpaired) electrons. The van der Waals surface area contributed by atoms with Crippen molar-refractivity contribution in [3.63, 3.8) is 0 Å². The lowest BCUT2D eigenvalue weighted by Crippen LogP contribution is -2.15. The van der Waals surface area contributed by atoms with Gasteiger partial charge in [0.05, 0.1) is 18.6 Å². The van der Waals surface area contributed by atoms with Crippen LogP contribution in [0.5, 0.6) is 11.5 Å². The highest BCUT2D eigenvalue weighted by molar-refractivity contribution is 7.99. The lowest BCUT2D eigenvalue weighted by molar-refractivity contribution is -0.113. The lowest BCUT2D eigenvalue weighted by Gasteiger charge is -2.16. The number of allylic oxidation sites excluding steroid dienone is 1. The van der Waals surface area contributed by atoms with E-state index in [1.807, 2.05) is 65.4 Å². The number of benzene rings is 2. The zero-order valence-electron chi connectivity index (χ0n) is 19.7. The Morgan fingerprint density at radius 2 is 1.92 bits per heavy atom. The van der Waals surface area contributed by atoms with Gasteiger partial charge in [-0.2, -0.15) is 0 Å². The zero-order chi connectivity index (χ0) is 25.5. The number of carbonyl (C=O) groups is 1. The fourth-order valence-corrected chi connectivity index (χ4v) is 4.91. The predicted molar refractivity (Wildman–Crippen MR) is 144 cm³/mol. The first kappa shape index (κ1) is 25.7. The summed E-state index contributed by atoms with van der Waals surface area (Å²) in [6.45, 7) is 6.21. The number of ether oxygens (including phenoxy) is 2. The molecule has 36 heavy (non-hydrogen) atoms.